The van der Waals surface area contributed by atoms with Gasteiger partial charge in [0.25, 0.3) is 0 Å². The van der Waals surface area contributed by atoms with Gasteiger partial charge in [-0.3, -0.25) is 0 Å². The van der Waals surface area contributed by atoms with Crippen LogP contribution in [0.1, 0.15) is 5.69 Å². The maximum absolute atomic E-state index is 5.24. The number of nitrogens with one attached hydrogen (secondary N) is 2. The van der Waals surface area contributed by atoms with Crippen molar-refractivity contribution in [3.8, 4) is 5.75 Å². The van der Waals surface area contributed by atoms with Crippen LogP contribution in [0.25, 0.3) is 0 Å². The van der Waals surface area contributed by atoms with Gasteiger partial charge in [-0.15, -0.1) is 0 Å². The molecule has 0 aliphatic rings. The highest BCUT2D eigenvalue weighted by Gasteiger charge is 2.10. The molecule has 0 unspecified atom stereocenters. The molecular formula is C10H13N5O2. The number of anilines is 2. The maximum atomic E-state index is 5.24. The maximum Gasteiger partial charge on any atom is 0.204 e. The van der Waals surface area contributed by atoms with Gasteiger partial charge in [0.05, 0.1) is 13.7 Å². The lowest BCUT2D eigenvalue weighted by molar-refractivity contribution is 0.410. The Bertz CT molecular complexity index is 472. The van der Waals surface area contributed by atoms with Crippen molar-refractivity contribution in [2.75, 3.05) is 24.8 Å². The third-order valence-corrected chi connectivity index (χ3v) is 2.17. The summed E-state index contributed by atoms with van der Waals surface area (Å²) in [6, 6.07) is 1.78. The van der Waals surface area contributed by atoms with Gasteiger partial charge in [0, 0.05) is 13.1 Å². The van der Waals surface area contributed by atoms with E-state index in [0.717, 1.165) is 5.69 Å². The number of hydrogen-bond acceptors (Lipinski definition) is 7. The van der Waals surface area contributed by atoms with E-state index in [9.17, 15) is 0 Å². The van der Waals surface area contributed by atoms with E-state index in [1.54, 1.807) is 20.2 Å². The Balaban J connectivity index is 2.14. The number of rotatable bonds is 5. The van der Waals surface area contributed by atoms with Crippen LogP contribution in [-0.4, -0.2) is 29.3 Å². The third-order valence-electron chi connectivity index (χ3n) is 2.17. The Labute approximate surface area is 98.2 Å². The van der Waals surface area contributed by atoms with Gasteiger partial charge in [-0.05, 0) is 0 Å². The largest absolute Gasteiger partial charge is 0.490 e. The predicted octanol–water partition coefficient (Wildman–Crippen LogP) is 1.13. The number of aromatic nitrogens is 3. The summed E-state index contributed by atoms with van der Waals surface area (Å²) in [7, 11) is 3.34. The molecule has 7 nitrogen and oxygen atoms in total. The standard InChI is InChI=1S/C10H13N5O2/c1-11-9-8(16-2)10(14-6-13-9)12-5-7-3-4-17-15-7/h3-4,6H,5H2,1-2H3,(H2,11,12,13,14). The Kier molecular flexibility index (Phi) is 3.39. The quantitative estimate of drug-likeness (QED) is 0.803. The molecule has 7 heteroatoms. The zero-order valence-electron chi connectivity index (χ0n) is 9.60. The lowest BCUT2D eigenvalue weighted by atomic mass is 10.4. The van der Waals surface area contributed by atoms with Crippen molar-refractivity contribution in [2.24, 2.45) is 0 Å². The summed E-state index contributed by atoms with van der Waals surface area (Å²) in [6.45, 7) is 0.507. The summed E-state index contributed by atoms with van der Waals surface area (Å²) >= 11 is 0. The van der Waals surface area contributed by atoms with Gasteiger partial charge < -0.3 is 19.9 Å². The molecule has 2 heterocycles. The highest BCUT2D eigenvalue weighted by atomic mass is 16.5. The first kappa shape index (κ1) is 11.2. The first-order valence-electron chi connectivity index (χ1n) is 5.05. The molecule has 0 saturated heterocycles. The van der Waals surface area contributed by atoms with E-state index in [1.807, 2.05) is 0 Å². The molecule has 0 atom stereocenters. The average Bonchev–Trinajstić information content (AvgIpc) is 2.88. The van der Waals surface area contributed by atoms with Crippen LogP contribution in [0.15, 0.2) is 23.2 Å². The van der Waals surface area contributed by atoms with Gasteiger partial charge in [-0.1, -0.05) is 5.16 Å². The van der Waals surface area contributed by atoms with Crippen LogP contribution < -0.4 is 15.4 Å². The van der Waals surface area contributed by atoms with Crippen molar-refractivity contribution in [1.82, 2.24) is 15.1 Å². The van der Waals surface area contributed by atoms with Crippen molar-refractivity contribution in [2.45, 2.75) is 6.54 Å². The molecule has 0 aliphatic heterocycles. The Morgan fingerprint density at radius 1 is 1.35 bits per heavy atom. The van der Waals surface area contributed by atoms with Crippen LogP contribution in [0.3, 0.4) is 0 Å². The average molecular weight is 235 g/mol. The number of nitrogens with zero attached hydrogens (tertiary/aromatic N) is 3. The summed E-state index contributed by atoms with van der Waals surface area (Å²) in [4.78, 5) is 8.16. The van der Waals surface area contributed by atoms with E-state index in [2.05, 4.69) is 25.8 Å². The minimum atomic E-state index is 0.507. The molecule has 2 aromatic heterocycles. The molecule has 17 heavy (non-hydrogen) atoms. The molecule has 0 aromatic carbocycles. The summed E-state index contributed by atoms with van der Waals surface area (Å²) in [5.74, 6) is 1.80. The van der Waals surface area contributed by atoms with Gasteiger partial charge in [0.1, 0.15) is 18.3 Å². The van der Waals surface area contributed by atoms with Crippen molar-refractivity contribution >= 4 is 11.6 Å². The highest BCUT2D eigenvalue weighted by molar-refractivity contribution is 5.63. The molecule has 2 N–H and O–H groups in total. The van der Waals surface area contributed by atoms with E-state index in [-0.39, 0.29) is 0 Å². The van der Waals surface area contributed by atoms with E-state index in [4.69, 9.17) is 9.26 Å². The first-order valence-corrected chi connectivity index (χ1v) is 5.05. The Hall–Kier alpha value is -2.31. The normalized spacial score (nSPS) is 10.0. The minimum Gasteiger partial charge on any atom is -0.490 e. The third kappa shape index (κ3) is 2.44. The highest BCUT2D eigenvalue weighted by Crippen LogP contribution is 2.28. The van der Waals surface area contributed by atoms with Crippen LogP contribution in [-0.2, 0) is 6.54 Å². The summed E-state index contributed by atoms with van der Waals surface area (Å²) < 4.78 is 9.98. The molecule has 0 radical (unpaired) electrons. The second-order valence-corrected chi connectivity index (χ2v) is 3.20. The second-order valence-electron chi connectivity index (χ2n) is 3.20. The van der Waals surface area contributed by atoms with Gasteiger partial charge >= 0.3 is 0 Å². The predicted molar refractivity (Wildman–Crippen MR) is 62.0 cm³/mol. The number of hydrogen-bond donors (Lipinski definition) is 2. The fraction of sp³-hybridized carbons (Fsp3) is 0.300. The molecule has 0 amide bonds. The summed E-state index contributed by atoms with van der Waals surface area (Å²) in [5, 5.41) is 9.82. The molecule has 0 saturated carbocycles. The van der Waals surface area contributed by atoms with E-state index in [1.165, 1.54) is 12.6 Å². The van der Waals surface area contributed by atoms with Gasteiger partial charge in [0.15, 0.2) is 11.6 Å². The van der Waals surface area contributed by atoms with Crippen LogP contribution in [0.2, 0.25) is 0 Å². The number of methoxy groups -OCH3 is 1. The van der Waals surface area contributed by atoms with Crippen molar-refractivity contribution < 1.29 is 9.26 Å². The van der Waals surface area contributed by atoms with Crippen LogP contribution in [0, 0.1) is 0 Å². The van der Waals surface area contributed by atoms with Gasteiger partial charge in [-0.25, -0.2) is 9.97 Å². The number of ether oxygens (including phenoxy) is 1. The van der Waals surface area contributed by atoms with Crippen molar-refractivity contribution in [1.29, 1.82) is 0 Å². The minimum absolute atomic E-state index is 0.507. The lowest BCUT2D eigenvalue weighted by Crippen LogP contribution is -2.06. The lowest BCUT2D eigenvalue weighted by Gasteiger charge is -2.11. The molecule has 90 valence electrons. The smallest absolute Gasteiger partial charge is 0.204 e. The van der Waals surface area contributed by atoms with E-state index < -0.39 is 0 Å². The molecule has 0 bridgehead atoms. The fourth-order valence-electron chi connectivity index (χ4n) is 1.37. The summed E-state index contributed by atoms with van der Waals surface area (Å²) in [6.07, 6.45) is 2.98. The molecule has 0 fully saturated rings. The van der Waals surface area contributed by atoms with Crippen molar-refractivity contribution in [3.63, 3.8) is 0 Å². The SMILES string of the molecule is CNc1ncnc(NCc2ccon2)c1OC. The molecule has 2 aromatic rings. The van der Waals surface area contributed by atoms with Gasteiger partial charge in [0.2, 0.25) is 5.75 Å². The zero-order valence-corrected chi connectivity index (χ0v) is 9.60. The van der Waals surface area contributed by atoms with Crippen LogP contribution in [0.5, 0.6) is 5.75 Å². The van der Waals surface area contributed by atoms with E-state index >= 15 is 0 Å². The zero-order chi connectivity index (χ0) is 12.1. The Morgan fingerprint density at radius 3 is 2.82 bits per heavy atom. The molecule has 2 rings (SSSR count). The second kappa shape index (κ2) is 5.15. The van der Waals surface area contributed by atoms with Gasteiger partial charge in [-0.2, -0.15) is 0 Å². The first-order chi connectivity index (χ1) is 8.35. The molecule has 0 spiro atoms. The van der Waals surface area contributed by atoms with Crippen LogP contribution in [0.4, 0.5) is 11.6 Å². The fourth-order valence-corrected chi connectivity index (χ4v) is 1.37. The van der Waals surface area contributed by atoms with Crippen LogP contribution >= 0.6 is 0 Å². The Morgan fingerprint density at radius 2 is 2.18 bits per heavy atom. The van der Waals surface area contributed by atoms with Crippen molar-refractivity contribution in [3.05, 3.63) is 24.4 Å². The molecular weight excluding hydrogens is 222 g/mol. The van der Waals surface area contributed by atoms with E-state index in [0.29, 0.717) is 23.9 Å². The monoisotopic (exact) mass is 235 g/mol. The summed E-state index contributed by atoms with van der Waals surface area (Å²) in [5.41, 5.74) is 0.789. The topological polar surface area (TPSA) is 85.1 Å². The molecule has 0 aliphatic carbocycles.